The van der Waals surface area contributed by atoms with Crippen molar-refractivity contribution in [2.75, 3.05) is 29.8 Å². The van der Waals surface area contributed by atoms with Crippen LogP contribution in [0.5, 0.6) is 11.5 Å². The van der Waals surface area contributed by atoms with E-state index in [2.05, 4.69) is 10.6 Å². The first kappa shape index (κ1) is 27.8. The Labute approximate surface area is 229 Å². The lowest BCUT2D eigenvalue weighted by Crippen LogP contribution is -2.32. The molecule has 0 saturated carbocycles. The average molecular weight is 580 g/mol. The van der Waals surface area contributed by atoms with Crippen molar-refractivity contribution >= 4 is 58.0 Å². The molecule has 0 spiro atoms. The van der Waals surface area contributed by atoms with Crippen molar-refractivity contribution in [1.29, 1.82) is 0 Å². The van der Waals surface area contributed by atoms with Gasteiger partial charge in [0.25, 0.3) is 17.7 Å². The Morgan fingerprint density at radius 3 is 2.21 bits per heavy atom. The van der Waals surface area contributed by atoms with Crippen molar-refractivity contribution in [2.45, 2.75) is 6.18 Å². The monoisotopic (exact) mass is 579 g/mol. The van der Waals surface area contributed by atoms with Crippen molar-refractivity contribution in [3.05, 3.63) is 87.5 Å². The number of hydrogen-bond acceptors (Lipinski definition) is 6. The van der Waals surface area contributed by atoms with Crippen LogP contribution in [0.4, 0.5) is 30.2 Å². The fourth-order valence-electron chi connectivity index (χ4n) is 3.64. The van der Waals surface area contributed by atoms with Crippen LogP contribution in [0, 0.1) is 0 Å². The fraction of sp³-hybridized carbons (Fsp3) is 0.115. The van der Waals surface area contributed by atoms with Crippen molar-refractivity contribution in [3.8, 4) is 11.5 Å². The summed E-state index contributed by atoms with van der Waals surface area (Å²) >= 11 is 12.1. The molecule has 0 aromatic heterocycles. The highest BCUT2D eigenvalue weighted by Gasteiger charge is 2.40. The van der Waals surface area contributed by atoms with E-state index in [9.17, 15) is 27.6 Å². The summed E-state index contributed by atoms with van der Waals surface area (Å²) in [6, 6.07) is 12.7. The molecule has 13 heteroatoms. The lowest BCUT2D eigenvalue weighted by molar-refractivity contribution is -0.137. The van der Waals surface area contributed by atoms with E-state index < -0.39 is 29.5 Å². The Hall–Kier alpha value is -4.22. The summed E-state index contributed by atoms with van der Waals surface area (Å²) in [5.41, 5.74) is -0.825. The van der Waals surface area contributed by atoms with Crippen molar-refractivity contribution < 1.29 is 37.0 Å². The first-order chi connectivity index (χ1) is 18.4. The highest BCUT2D eigenvalue weighted by Crippen LogP contribution is 2.38. The molecule has 3 aromatic carbocycles. The van der Waals surface area contributed by atoms with E-state index in [-0.39, 0.29) is 38.4 Å². The summed E-state index contributed by atoms with van der Waals surface area (Å²) < 4.78 is 49.4. The number of nitrogens with zero attached hydrogens (tertiary/aromatic N) is 1. The van der Waals surface area contributed by atoms with Gasteiger partial charge in [-0.05, 0) is 54.6 Å². The zero-order valence-electron chi connectivity index (χ0n) is 20.2. The third-order valence-electron chi connectivity index (χ3n) is 5.61. The number of amides is 3. The second-order valence-corrected chi connectivity index (χ2v) is 8.81. The minimum absolute atomic E-state index is 0.0707. The molecule has 3 aromatic rings. The van der Waals surface area contributed by atoms with E-state index in [1.54, 1.807) is 6.07 Å². The van der Waals surface area contributed by atoms with Crippen LogP contribution in [0.3, 0.4) is 0 Å². The summed E-state index contributed by atoms with van der Waals surface area (Å²) in [4.78, 5) is 39.4. The number of rotatable bonds is 7. The Kier molecular flexibility index (Phi) is 7.75. The predicted octanol–water partition coefficient (Wildman–Crippen LogP) is 6.06. The van der Waals surface area contributed by atoms with Crippen LogP contribution < -0.4 is 25.0 Å². The summed E-state index contributed by atoms with van der Waals surface area (Å²) in [5, 5.41) is 4.69. The van der Waals surface area contributed by atoms with Crippen LogP contribution in [0.25, 0.3) is 0 Å². The minimum Gasteiger partial charge on any atom is -0.497 e. The van der Waals surface area contributed by atoms with Gasteiger partial charge in [-0.3, -0.25) is 14.4 Å². The minimum atomic E-state index is -4.61. The van der Waals surface area contributed by atoms with Gasteiger partial charge in [0.1, 0.15) is 22.2 Å². The van der Waals surface area contributed by atoms with Crippen molar-refractivity contribution in [1.82, 2.24) is 0 Å². The highest BCUT2D eigenvalue weighted by molar-refractivity contribution is 6.53. The fourth-order valence-corrected chi connectivity index (χ4v) is 4.02. The molecule has 39 heavy (non-hydrogen) atoms. The van der Waals surface area contributed by atoms with Gasteiger partial charge in [-0.15, -0.1) is 0 Å². The SMILES string of the molecule is COc1ccc(N2C(=O)C(Cl)=C(Nc3ccc(C(=O)Nc4cc(C(F)(F)F)ccc4Cl)cc3)C2=O)c(OC)c1. The Morgan fingerprint density at radius 2 is 1.59 bits per heavy atom. The molecule has 1 aliphatic heterocycles. The lowest BCUT2D eigenvalue weighted by Gasteiger charge is -2.18. The second-order valence-electron chi connectivity index (χ2n) is 8.02. The standard InChI is InChI=1S/C26H18Cl2F3N3O5/c1-38-16-8-10-19(20(12-16)39-2)34-24(36)21(28)22(25(34)37)32-15-6-3-13(4-7-15)23(35)33-18-11-14(26(29,30)31)5-9-17(18)27/h3-12,32H,1-2H3,(H,33,35). The number of carbonyl (C=O) groups is 3. The van der Waals surface area contributed by atoms with Gasteiger partial charge in [0.15, 0.2) is 0 Å². The molecule has 1 aliphatic rings. The van der Waals surface area contributed by atoms with E-state index in [0.29, 0.717) is 11.4 Å². The molecule has 0 aliphatic carbocycles. The second kappa shape index (κ2) is 10.9. The number of carbonyl (C=O) groups excluding carboxylic acids is 3. The number of ether oxygens (including phenoxy) is 2. The van der Waals surface area contributed by atoms with Gasteiger partial charge >= 0.3 is 6.18 Å². The summed E-state index contributed by atoms with van der Waals surface area (Å²) in [5.74, 6) is -1.58. The van der Waals surface area contributed by atoms with E-state index >= 15 is 0 Å². The van der Waals surface area contributed by atoms with Crippen LogP contribution >= 0.6 is 23.2 Å². The van der Waals surface area contributed by atoms with Gasteiger partial charge in [-0.1, -0.05) is 23.2 Å². The van der Waals surface area contributed by atoms with E-state index in [1.165, 1.54) is 50.6 Å². The van der Waals surface area contributed by atoms with Crippen LogP contribution in [0.1, 0.15) is 15.9 Å². The quantitative estimate of drug-likeness (QED) is 0.330. The number of methoxy groups -OCH3 is 2. The number of hydrogen-bond donors (Lipinski definition) is 2. The van der Waals surface area contributed by atoms with Gasteiger partial charge in [0.2, 0.25) is 0 Å². The van der Waals surface area contributed by atoms with Crippen molar-refractivity contribution in [2.24, 2.45) is 0 Å². The number of alkyl halides is 3. The smallest absolute Gasteiger partial charge is 0.416 e. The first-order valence-corrected chi connectivity index (χ1v) is 11.8. The molecule has 0 unspecified atom stereocenters. The average Bonchev–Trinajstić information content (AvgIpc) is 3.12. The number of nitrogens with one attached hydrogen (secondary N) is 2. The summed E-state index contributed by atoms with van der Waals surface area (Å²) in [6.45, 7) is 0. The number of imide groups is 1. The van der Waals surface area contributed by atoms with Crippen molar-refractivity contribution in [3.63, 3.8) is 0 Å². The molecule has 3 amide bonds. The van der Waals surface area contributed by atoms with Gasteiger partial charge in [0.05, 0.1) is 36.2 Å². The van der Waals surface area contributed by atoms with Gasteiger partial charge < -0.3 is 20.1 Å². The Balaban J connectivity index is 1.51. The Morgan fingerprint density at radius 1 is 0.897 bits per heavy atom. The van der Waals surface area contributed by atoms with Gasteiger partial charge in [0, 0.05) is 17.3 Å². The molecule has 0 radical (unpaired) electrons. The van der Waals surface area contributed by atoms with E-state index in [4.69, 9.17) is 32.7 Å². The summed E-state index contributed by atoms with van der Waals surface area (Å²) in [7, 11) is 2.83. The normalized spacial score (nSPS) is 13.6. The van der Waals surface area contributed by atoms with Crippen LogP contribution in [-0.4, -0.2) is 31.9 Å². The number of anilines is 3. The molecule has 8 nitrogen and oxygen atoms in total. The van der Waals surface area contributed by atoms with Crippen LogP contribution in [-0.2, 0) is 15.8 Å². The lowest BCUT2D eigenvalue weighted by atomic mass is 10.1. The number of halogens is 5. The number of benzene rings is 3. The third-order valence-corrected chi connectivity index (χ3v) is 6.29. The largest absolute Gasteiger partial charge is 0.497 e. The summed E-state index contributed by atoms with van der Waals surface area (Å²) in [6.07, 6.45) is -4.61. The maximum atomic E-state index is 13.1. The molecular weight excluding hydrogens is 562 g/mol. The molecule has 0 bridgehead atoms. The van der Waals surface area contributed by atoms with Gasteiger partial charge in [-0.25, -0.2) is 4.90 Å². The first-order valence-electron chi connectivity index (χ1n) is 11.0. The van der Waals surface area contributed by atoms with E-state index in [1.807, 2.05) is 0 Å². The van der Waals surface area contributed by atoms with Gasteiger partial charge in [-0.2, -0.15) is 13.2 Å². The zero-order valence-corrected chi connectivity index (χ0v) is 21.7. The molecule has 0 saturated heterocycles. The zero-order chi connectivity index (χ0) is 28.5. The molecule has 4 rings (SSSR count). The Bertz CT molecular complexity index is 1510. The molecule has 0 fully saturated rings. The molecule has 2 N–H and O–H groups in total. The topological polar surface area (TPSA) is 97.0 Å². The van der Waals surface area contributed by atoms with Crippen LogP contribution in [0.15, 0.2) is 71.4 Å². The molecule has 1 heterocycles. The molecule has 0 atom stereocenters. The predicted molar refractivity (Wildman–Crippen MR) is 139 cm³/mol. The van der Waals surface area contributed by atoms with Crippen LogP contribution in [0.2, 0.25) is 5.02 Å². The van der Waals surface area contributed by atoms with E-state index in [0.717, 1.165) is 23.1 Å². The maximum Gasteiger partial charge on any atom is 0.416 e. The highest BCUT2D eigenvalue weighted by atomic mass is 35.5. The third kappa shape index (κ3) is 5.64. The molecular formula is C26H18Cl2F3N3O5. The maximum absolute atomic E-state index is 13.1. The molecule has 202 valence electrons.